The molecule has 0 aliphatic carbocycles. The zero-order chi connectivity index (χ0) is 13.9. The third-order valence-electron chi connectivity index (χ3n) is 2.76. The van der Waals surface area contributed by atoms with Gasteiger partial charge in [-0.3, -0.25) is 0 Å². The predicted octanol–water partition coefficient (Wildman–Crippen LogP) is 3.42. The maximum atomic E-state index is 11.5. The van der Waals surface area contributed by atoms with Crippen molar-refractivity contribution in [3.63, 3.8) is 0 Å². The van der Waals surface area contributed by atoms with Gasteiger partial charge in [-0.25, -0.2) is 0 Å². The van der Waals surface area contributed by atoms with Crippen LogP contribution in [0.3, 0.4) is 0 Å². The molecule has 0 unspecified atom stereocenters. The van der Waals surface area contributed by atoms with Gasteiger partial charge >= 0.3 is 10.1 Å². The van der Waals surface area contributed by atoms with E-state index in [1.165, 1.54) is 0 Å². The van der Waals surface area contributed by atoms with Crippen LogP contribution in [0.15, 0.2) is 61.0 Å². The van der Waals surface area contributed by atoms with Gasteiger partial charge in [-0.1, -0.05) is 43.0 Å². The monoisotopic (exact) mass is 274 g/mol. The summed E-state index contributed by atoms with van der Waals surface area (Å²) in [6, 6.07) is 11.2. The lowest BCUT2D eigenvalue weighted by Crippen LogP contribution is -2.06. The van der Waals surface area contributed by atoms with E-state index in [9.17, 15) is 8.42 Å². The second kappa shape index (κ2) is 5.28. The lowest BCUT2D eigenvalue weighted by Gasteiger charge is -2.11. The Morgan fingerprint density at radius 3 is 2.53 bits per heavy atom. The molecular formula is C15H14O3S. The number of fused-ring (bicyclic) bond motifs is 1. The van der Waals surface area contributed by atoms with Crippen molar-refractivity contribution in [2.45, 2.75) is 6.42 Å². The Bertz CT molecular complexity index is 730. The second-order valence-electron chi connectivity index (χ2n) is 4.00. The van der Waals surface area contributed by atoms with Crippen molar-refractivity contribution in [3.05, 3.63) is 66.6 Å². The van der Waals surface area contributed by atoms with Crippen molar-refractivity contribution in [3.8, 4) is 5.75 Å². The first-order valence-corrected chi connectivity index (χ1v) is 7.23. The summed E-state index contributed by atoms with van der Waals surface area (Å²) < 4.78 is 28.0. The molecule has 2 aromatic carbocycles. The van der Waals surface area contributed by atoms with Gasteiger partial charge in [-0.2, -0.15) is 8.42 Å². The SMILES string of the molecule is C=CCc1c(OS(=O)(=O)C=C)ccc2ccccc12. The van der Waals surface area contributed by atoms with Crippen LogP contribution in [0.5, 0.6) is 5.75 Å². The Morgan fingerprint density at radius 1 is 1.11 bits per heavy atom. The molecule has 19 heavy (non-hydrogen) atoms. The first-order valence-electron chi connectivity index (χ1n) is 5.76. The topological polar surface area (TPSA) is 43.4 Å². The van der Waals surface area contributed by atoms with Gasteiger partial charge in [-0.05, 0) is 23.3 Å². The maximum Gasteiger partial charge on any atom is 0.331 e. The van der Waals surface area contributed by atoms with Gasteiger partial charge in [0.2, 0.25) is 0 Å². The van der Waals surface area contributed by atoms with E-state index in [4.69, 9.17) is 4.18 Å². The smallest absolute Gasteiger partial charge is 0.331 e. The van der Waals surface area contributed by atoms with Gasteiger partial charge in [0.25, 0.3) is 0 Å². The Morgan fingerprint density at radius 2 is 1.84 bits per heavy atom. The molecule has 0 bridgehead atoms. The second-order valence-corrected chi connectivity index (χ2v) is 5.48. The van der Waals surface area contributed by atoms with E-state index in [1.807, 2.05) is 30.3 Å². The highest BCUT2D eigenvalue weighted by Crippen LogP contribution is 2.29. The molecule has 0 saturated heterocycles. The Hall–Kier alpha value is -2.07. The molecule has 98 valence electrons. The average molecular weight is 274 g/mol. The van der Waals surface area contributed by atoms with E-state index in [0.29, 0.717) is 12.2 Å². The third-order valence-corrected chi connectivity index (χ3v) is 3.58. The Labute approximate surface area is 113 Å². The fraction of sp³-hybridized carbons (Fsp3) is 0.0667. The minimum absolute atomic E-state index is 0.318. The number of hydrogen-bond donors (Lipinski definition) is 0. The van der Waals surface area contributed by atoms with Crippen molar-refractivity contribution in [2.75, 3.05) is 0 Å². The van der Waals surface area contributed by atoms with Crippen LogP contribution in [-0.2, 0) is 16.5 Å². The third kappa shape index (κ3) is 2.85. The van der Waals surface area contributed by atoms with Crippen molar-refractivity contribution in [1.82, 2.24) is 0 Å². The summed E-state index contributed by atoms with van der Waals surface area (Å²) in [6.07, 6.45) is 2.25. The molecule has 0 radical (unpaired) electrons. The van der Waals surface area contributed by atoms with Crippen LogP contribution in [0.2, 0.25) is 0 Å². The molecule has 0 fully saturated rings. The van der Waals surface area contributed by atoms with E-state index < -0.39 is 10.1 Å². The van der Waals surface area contributed by atoms with Crippen LogP contribution in [0.1, 0.15) is 5.56 Å². The number of allylic oxidation sites excluding steroid dienone is 1. The fourth-order valence-electron chi connectivity index (χ4n) is 1.91. The zero-order valence-electron chi connectivity index (χ0n) is 10.4. The van der Waals surface area contributed by atoms with E-state index in [0.717, 1.165) is 21.7 Å². The van der Waals surface area contributed by atoms with Gasteiger partial charge in [0.15, 0.2) is 0 Å². The first-order chi connectivity index (χ1) is 9.07. The molecule has 0 saturated carbocycles. The Balaban J connectivity index is 2.63. The highest BCUT2D eigenvalue weighted by Gasteiger charge is 2.13. The maximum absolute atomic E-state index is 11.5. The molecule has 0 N–H and O–H groups in total. The lowest BCUT2D eigenvalue weighted by atomic mass is 10.0. The van der Waals surface area contributed by atoms with Crippen LogP contribution in [0, 0.1) is 0 Å². The summed E-state index contributed by atoms with van der Waals surface area (Å²) >= 11 is 0. The largest absolute Gasteiger partial charge is 0.379 e. The molecule has 0 atom stereocenters. The van der Waals surface area contributed by atoms with Crippen LogP contribution < -0.4 is 4.18 Å². The first kappa shape index (κ1) is 13.4. The summed E-state index contributed by atoms with van der Waals surface area (Å²) in [5.41, 5.74) is 0.804. The summed E-state index contributed by atoms with van der Waals surface area (Å²) in [7, 11) is -3.75. The van der Waals surface area contributed by atoms with Crippen LogP contribution in [0.25, 0.3) is 10.8 Å². The predicted molar refractivity (Wildman–Crippen MR) is 77.6 cm³/mol. The van der Waals surface area contributed by atoms with Gasteiger partial charge in [0.05, 0.1) is 5.41 Å². The molecule has 0 aliphatic rings. The molecule has 0 heterocycles. The number of hydrogen-bond acceptors (Lipinski definition) is 3. The summed E-state index contributed by atoms with van der Waals surface area (Å²) in [5, 5.41) is 2.78. The van der Waals surface area contributed by atoms with Crippen LogP contribution >= 0.6 is 0 Å². The van der Waals surface area contributed by atoms with Gasteiger partial charge in [-0.15, -0.1) is 6.58 Å². The lowest BCUT2D eigenvalue weighted by molar-refractivity contribution is 0.494. The molecule has 3 nitrogen and oxygen atoms in total. The van der Waals surface area contributed by atoms with Crippen LogP contribution in [-0.4, -0.2) is 8.42 Å². The molecule has 4 heteroatoms. The molecule has 0 aromatic heterocycles. The summed E-state index contributed by atoms with van der Waals surface area (Å²) in [6.45, 7) is 6.93. The van der Waals surface area contributed by atoms with Gasteiger partial charge in [0.1, 0.15) is 5.75 Å². The fourth-order valence-corrected chi connectivity index (χ4v) is 2.38. The molecular weight excluding hydrogens is 260 g/mol. The van der Waals surface area contributed by atoms with E-state index >= 15 is 0 Å². The molecule has 2 rings (SSSR count). The minimum atomic E-state index is -3.75. The van der Waals surface area contributed by atoms with Gasteiger partial charge < -0.3 is 4.18 Å². The quantitative estimate of drug-likeness (QED) is 0.620. The minimum Gasteiger partial charge on any atom is -0.379 e. The average Bonchev–Trinajstić information content (AvgIpc) is 2.41. The van der Waals surface area contributed by atoms with Crippen LogP contribution in [0.4, 0.5) is 0 Å². The molecule has 0 spiro atoms. The van der Waals surface area contributed by atoms with Crippen molar-refractivity contribution >= 4 is 20.9 Å². The van der Waals surface area contributed by atoms with E-state index in [-0.39, 0.29) is 0 Å². The number of rotatable bonds is 5. The highest BCUT2D eigenvalue weighted by molar-refractivity contribution is 7.90. The number of benzene rings is 2. The summed E-state index contributed by atoms with van der Waals surface area (Å²) in [4.78, 5) is 0. The Kier molecular flexibility index (Phi) is 3.71. The van der Waals surface area contributed by atoms with Crippen molar-refractivity contribution in [1.29, 1.82) is 0 Å². The standard InChI is InChI=1S/C15H14O3S/c1-3-7-14-13-9-6-5-8-12(13)10-11-15(14)18-19(16,17)4-2/h3-6,8-11H,1-2,7H2. The van der Waals surface area contributed by atoms with E-state index in [1.54, 1.807) is 12.1 Å². The van der Waals surface area contributed by atoms with E-state index in [2.05, 4.69) is 13.2 Å². The zero-order valence-corrected chi connectivity index (χ0v) is 11.2. The van der Waals surface area contributed by atoms with Gasteiger partial charge in [0, 0.05) is 5.56 Å². The molecule has 0 aliphatic heterocycles. The van der Waals surface area contributed by atoms with Crippen molar-refractivity contribution < 1.29 is 12.6 Å². The molecule has 2 aromatic rings. The van der Waals surface area contributed by atoms with Crippen molar-refractivity contribution in [2.24, 2.45) is 0 Å². The normalized spacial score (nSPS) is 11.2. The highest BCUT2D eigenvalue weighted by atomic mass is 32.2. The molecule has 0 amide bonds. The summed E-state index contributed by atoms with van der Waals surface area (Å²) in [5.74, 6) is 0.318.